The molecule has 1 aliphatic rings. The fourth-order valence-corrected chi connectivity index (χ4v) is 3.70. The molecule has 0 saturated carbocycles. The van der Waals surface area contributed by atoms with Crippen LogP contribution < -0.4 is 0 Å². The predicted octanol–water partition coefficient (Wildman–Crippen LogP) is 6.08. The molecule has 0 heterocycles. The molecule has 4 aromatic rings. The van der Waals surface area contributed by atoms with Gasteiger partial charge in [-0.25, -0.2) is 0 Å². The Bertz CT molecular complexity index is 1030. The van der Waals surface area contributed by atoms with Gasteiger partial charge in [0.1, 0.15) is 0 Å². The Labute approximate surface area is 136 Å². The lowest BCUT2D eigenvalue weighted by atomic mass is 9.98. The first kappa shape index (κ1) is 12.7. The standard InChI is InChI=1S/C23H16/c1-2-6-16(7-3-1)19-10-11-22-20(13-19)14-21-12-17-8-4-5-9-18(17)15-23(21)22/h1-13,15H,14H2. The van der Waals surface area contributed by atoms with E-state index < -0.39 is 0 Å². The molecule has 0 aliphatic heterocycles. The largest absolute Gasteiger partial charge is 0.0622 e. The Hall–Kier alpha value is -2.86. The first-order valence-corrected chi connectivity index (χ1v) is 8.09. The van der Waals surface area contributed by atoms with E-state index in [0.717, 1.165) is 6.42 Å². The van der Waals surface area contributed by atoms with Crippen LogP contribution in [0.25, 0.3) is 33.0 Å². The minimum atomic E-state index is 1.04. The Kier molecular flexibility index (Phi) is 2.65. The van der Waals surface area contributed by atoms with Crippen molar-refractivity contribution in [3.8, 4) is 22.3 Å². The number of hydrogen-bond acceptors (Lipinski definition) is 0. The molecule has 23 heavy (non-hydrogen) atoms. The van der Waals surface area contributed by atoms with Crippen molar-refractivity contribution < 1.29 is 0 Å². The van der Waals surface area contributed by atoms with Crippen molar-refractivity contribution in [2.75, 3.05) is 0 Å². The molecule has 4 aromatic carbocycles. The lowest BCUT2D eigenvalue weighted by Gasteiger charge is -2.06. The van der Waals surface area contributed by atoms with E-state index in [1.165, 1.54) is 44.2 Å². The summed E-state index contributed by atoms with van der Waals surface area (Å²) in [6.45, 7) is 0. The van der Waals surface area contributed by atoms with Gasteiger partial charge in [0, 0.05) is 0 Å². The number of rotatable bonds is 1. The predicted molar refractivity (Wildman–Crippen MR) is 97.6 cm³/mol. The molecule has 0 saturated heterocycles. The molecule has 0 N–H and O–H groups in total. The van der Waals surface area contributed by atoms with Crippen LogP contribution >= 0.6 is 0 Å². The summed E-state index contributed by atoms with van der Waals surface area (Å²) in [4.78, 5) is 0. The molecular weight excluding hydrogens is 276 g/mol. The van der Waals surface area contributed by atoms with Gasteiger partial charge in [0.25, 0.3) is 0 Å². The summed E-state index contributed by atoms with van der Waals surface area (Å²) >= 11 is 0. The topological polar surface area (TPSA) is 0 Å². The number of benzene rings is 4. The van der Waals surface area contributed by atoms with E-state index in [1.807, 2.05) is 0 Å². The second kappa shape index (κ2) is 4.82. The van der Waals surface area contributed by atoms with Gasteiger partial charge in [-0.05, 0) is 56.6 Å². The van der Waals surface area contributed by atoms with Gasteiger partial charge in [0.2, 0.25) is 0 Å². The van der Waals surface area contributed by atoms with Gasteiger partial charge in [-0.2, -0.15) is 0 Å². The molecule has 0 nitrogen and oxygen atoms in total. The summed E-state index contributed by atoms with van der Waals surface area (Å²) in [5, 5.41) is 2.66. The molecule has 0 heteroatoms. The summed E-state index contributed by atoms with van der Waals surface area (Å²) in [6, 6.07) is 30.9. The SMILES string of the molecule is c1ccc(-c2ccc3c(c2)Cc2cc4ccccc4cc2-3)cc1. The molecular formula is C23H16. The zero-order chi connectivity index (χ0) is 15.2. The van der Waals surface area contributed by atoms with Gasteiger partial charge in [0.15, 0.2) is 0 Å². The molecule has 0 amide bonds. The second-order valence-corrected chi connectivity index (χ2v) is 6.27. The molecule has 1 aliphatic carbocycles. The van der Waals surface area contributed by atoms with E-state index in [2.05, 4.69) is 84.9 Å². The maximum absolute atomic E-state index is 2.36. The van der Waals surface area contributed by atoms with Crippen molar-refractivity contribution in [3.05, 3.63) is 96.1 Å². The molecule has 0 radical (unpaired) electrons. The highest BCUT2D eigenvalue weighted by atomic mass is 14.2. The van der Waals surface area contributed by atoms with Crippen LogP contribution in [-0.2, 0) is 6.42 Å². The second-order valence-electron chi connectivity index (χ2n) is 6.27. The van der Waals surface area contributed by atoms with Gasteiger partial charge in [-0.1, -0.05) is 78.9 Å². The van der Waals surface area contributed by atoms with Gasteiger partial charge < -0.3 is 0 Å². The van der Waals surface area contributed by atoms with Gasteiger partial charge in [-0.15, -0.1) is 0 Å². The van der Waals surface area contributed by atoms with Crippen molar-refractivity contribution in [1.29, 1.82) is 0 Å². The van der Waals surface area contributed by atoms with Crippen LogP contribution in [0.15, 0.2) is 84.9 Å². The zero-order valence-electron chi connectivity index (χ0n) is 12.8. The molecule has 108 valence electrons. The van der Waals surface area contributed by atoms with E-state index in [-0.39, 0.29) is 0 Å². The highest BCUT2D eigenvalue weighted by Crippen LogP contribution is 2.40. The highest BCUT2D eigenvalue weighted by molar-refractivity contribution is 5.92. The van der Waals surface area contributed by atoms with Gasteiger partial charge in [-0.3, -0.25) is 0 Å². The maximum atomic E-state index is 2.36. The summed E-state index contributed by atoms with van der Waals surface area (Å²) in [7, 11) is 0. The Morgan fingerprint density at radius 3 is 2.00 bits per heavy atom. The highest BCUT2D eigenvalue weighted by Gasteiger charge is 2.19. The fourth-order valence-electron chi connectivity index (χ4n) is 3.70. The van der Waals surface area contributed by atoms with Crippen LogP contribution in [0.1, 0.15) is 11.1 Å². The minimum Gasteiger partial charge on any atom is -0.0622 e. The summed E-state index contributed by atoms with van der Waals surface area (Å²) in [5.41, 5.74) is 8.28. The maximum Gasteiger partial charge on any atom is -0.00130 e. The molecule has 0 atom stereocenters. The average molecular weight is 292 g/mol. The third-order valence-corrected chi connectivity index (χ3v) is 4.85. The zero-order valence-corrected chi connectivity index (χ0v) is 12.8. The van der Waals surface area contributed by atoms with Crippen LogP contribution in [0.5, 0.6) is 0 Å². The van der Waals surface area contributed by atoms with Crippen LogP contribution in [0, 0.1) is 0 Å². The van der Waals surface area contributed by atoms with E-state index in [4.69, 9.17) is 0 Å². The first-order chi connectivity index (χ1) is 11.4. The molecule has 0 spiro atoms. The van der Waals surface area contributed by atoms with Gasteiger partial charge in [0.05, 0.1) is 0 Å². The van der Waals surface area contributed by atoms with E-state index in [1.54, 1.807) is 0 Å². The summed E-state index contributed by atoms with van der Waals surface area (Å²) in [6.07, 6.45) is 1.04. The summed E-state index contributed by atoms with van der Waals surface area (Å²) in [5.74, 6) is 0. The van der Waals surface area contributed by atoms with E-state index in [9.17, 15) is 0 Å². The molecule has 0 unspecified atom stereocenters. The molecule has 5 rings (SSSR count). The van der Waals surface area contributed by atoms with Crippen molar-refractivity contribution in [2.45, 2.75) is 6.42 Å². The van der Waals surface area contributed by atoms with Crippen LogP contribution in [0.2, 0.25) is 0 Å². The minimum absolute atomic E-state index is 1.04. The summed E-state index contributed by atoms with van der Waals surface area (Å²) < 4.78 is 0. The monoisotopic (exact) mass is 292 g/mol. The smallest absolute Gasteiger partial charge is 0.00130 e. The molecule has 0 aromatic heterocycles. The average Bonchev–Trinajstić information content (AvgIpc) is 2.97. The number of hydrogen-bond donors (Lipinski definition) is 0. The number of fused-ring (bicyclic) bond motifs is 4. The molecule has 0 bridgehead atoms. The van der Waals surface area contributed by atoms with Crippen molar-refractivity contribution in [3.63, 3.8) is 0 Å². The third-order valence-electron chi connectivity index (χ3n) is 4.85. The fraction of sp³-hybridized carbons (Fsp3) is 0.0435. The quantitative estimate of drug-likeness (QED) is 0.351. The van der Waals surface area contributed by atoms with Crippen LogP contribution in [0.4, 0.5) is 0 Å². The van der Waals surface area contributed by atoms with E-state index >= 15 is 0 Å². The van der Waals surface area contributed by atoms with Crippen LogP contribution in [0.3, 0.4) is 0 Å². The van der Waals surface area contributed by atoms with Crippen molar-refractivity contribution in [1.82, 2.24) is 0 Å². The third kappa shape index (κ3) is 1.99. The normalized spacial score (nSPS) is 12.2. The Balaban J connectivity index is 1.67. The van der Waals surface area contributed by atoms with Crippen LogP contribution in [-0.4, -0.2) is 0 Å². The van der Waals surface area contributed by atoms with E-state index in [0.29, 0.717) is 0 Å². The first-order valence-electron chi connectivity index (χ1n) is 8.09. The Morgan fingerprint density at radius 2 is 1.17 bits per heavy atom. The lowest BCUT2D eigenvalue weighted by Crippen LogP contribution is -1.83. The van der Waals surface area contributed by atoms with Crippen molar-refractivity contribution >= 4 is 10.8 Å². The van der Waals surface area contributed by atoms with Gasteiger partial charge >= 0.3 is 0 Å². The Morgan fingerprint density at radius 1 is 0.478 bits per heavy atom. The molecule has 0 fully saturated rings. The lowest BCUT2D eigenvalue weighted by molar-refractivity contribution is 1.27. The van der Waals surface area contributed by atoms with Crippen molar-refractivity contribution in [2.24, 2.45) is 0 Å².